The minimum Gasteiger partial charge on any atom is -0.484 e. The van der Waals surface area contributed by atoms with Crippen molar-refractivity contribution in [2.24, 2.45) is 0 Å². The van der Waals surface area contributed by atoms with E-state index in [2.05, 4.69) is 5.32 Å². The molecule has 3 rings (SSSR count). The van der Waals surface area contributed by atoms with Crippen molar-refractivity contribution in [1.29, 1.82) is 0 Å². The minimum atomic E-state index is -0.305. The Morgan fingerprint density at radius 1 is 0.815 bits per heavy atom. The smallest absolute Gasteiger partial charge is 0.262 e. The number of Topliss-reactive ketones (excluding diaryl/α,β-unsaturated/α-hetero) is 1. The Morgan fingerprint density at radius 3 is 2.30 bits per heavy atom. The summed E-state index contributed by atoms with van der Waals surface area (Å²) in [4.78, 5) is 23.5. The third kappa shape index (κ3) is 5.44. The average Bonchev–Trinajstić information content (AvgIpc) is 2.68. The number of benzene rings is 3. The Labute approximate surface area is 157 Å². The van der Waals surface area contributed by atoms with Gasteiger partial charge < -0.3 is 14.8 Å². The van der Waals surface area contributed by atoms with Gasteiger partial charge in [-0.2, -0.15) is 0 Å². The number of nitrogens with one attached hydrogen (secondary N) is 1. The van der Waals surface area contributed by atoms with E-state index in [0.717, 1.165) is 5.75 Å². The van der Waals surface area contributed by atoms with Crippen LogP contribution in [0.4, 0.5) is 5.69 Å². The molecule has 27 heavy (non-hydrogen) atoms. The highest BCUT2D eigenvalue weighted by Crippen LogP contribution is 2.23. The number of ether oxygens (including phenoxy) is 2. The Bertz CT molecular complexity index is 938. The predicted molar refractivity (Wildman–Crippen MR) is 104 cm³/mol. The summed E-state index contributed by atoms with van der Waals surface area (Å²) in [5.41, 5.74) is 1.15. The number of para-hydroxylation sites is 1. The number of carbonyl (C=O) groups excluding carboxylic acids is 2. The van der Waals surface area contributed by atoms with Crippen LogP contribution in [-0.2, 0) is 4.79 Å². The molecule has 0 spiro atoms. The quantitative estimate of drug-likeness (QED) is 0.620. The first-order chi connectivity index (χ1) is 13.1. The highest BCUT2D eigenvalue weighted by Gasteiger charge is 2.07. The van der Waals surface area contributed by atoms with Crippen LogP contribution in [0.25, 0.3) is 0 Å². The van der Waals surface area contributed by atoms with Crippen LogP contribution in [0.1, 0.15) is 17.3 Å². The first-order valence-electron chi connectivity index (χ1n) is 8.47. The van der Waals surface area contributed by atoms with Gasteiger partial charge in [-0.25, -0.2) is 0 Å². The van der Waals surface area contributed by atoms with E-state index in [9.17, 15) is 9.59 Å². The zero-order valence-corrected chi connectivity index (χ0v) is 14.8. The number of anilines is 1. The number of amides is 1. The molecule has 0 fully saturated rings. The van der Waals surface area contributed by atoms with Gasteiger partial charge in [-0.05, 0) is 43.3 Å². The van der Waals surface area contributed by atoms with Crippen LogP contribution >= 0.6 is 0 Å². The van der Waals surface area contributed by atoms with Gasteiger partial charge in [-0.1, -0.05) is 36.4 Å². The van der Waals surface area contributed by atoms with Crippen LogP contribution in [0.15, 0.2) is 78.9 Å². The molecule has 1 amide bonds. The second-order valence-corrected chi connectivity index (χ2v) is 5.86. The maximum atomic E-state index is 12.1. The molecule has 0 unspecified atom stereocenters. The van der Waals surface area contributed by atoms with E-state index < -0.39 is 0 Å². The zero-order valence-electron chi connectivity index (χ0n) is 14.8. The monoisotopic (exact) mass is 361 g/mol. The van der Waals surface area contributed by atoms with Crippen molar-refractivity contribution in [1.82, 2.24) is 0 Å². The van der Waals surface area contributed by atoms with E-state index in [1.165, 1.54) is 6.92 Å². The lowest BCUT2D eigenvalue weighted by Crippen LogP contribution is -2.20. The Balaban J connectivity index is 1.57. The summed E-state index contributed by atoms with van der Waals surface area (Å²) in [6, 6.07) is 23.3. The number of hydrogen-bond acceptors (Lipinski definition) is 4. The molecule has 1 N–H and O–H groups in total. The third-order valence-corrected chi connectivity index (χ3v) is 3.71. The number of hydrogen-bond donors (Lipinski definition) is 1. The van der Waals surface area contributed by atoms with Gasteiger partial charge in [0.05, 0.1) is 0 Å². The Kier molecular flexibility index (Phi) is 5.84. The molecule has 0 aromatic heterocycles. The van der Waals surface area contributed by atoms with Crippen molar-refractivity contribution in [2.45, 2.75) is 6.92 Å². The van der Waals surface area contributed by atoms with Crippen LogP contribution in [0, 0.1) is 0 Å². The molecule has 3 aromatic rings. The second-order valence-electron chi connectivity index (χ2n) is 5.86. The maximum Gasteiger partial charge on any atom is 0.262 e. The van der Waals surface area contributed by atoms with Crippen LogP contribution in [0.2, 0.25) is 0 Å². The van der Waals surface area contributed by atoms with Crippen molar-refractivity contribution >= 4 is 17.4 Å². The predicted octanol–water partition coefficient (Wildman–Crippen LogP) is 4.70. The van der Waals surface area contributed by atoms with Crippen LogP contribution in [0.3, 0.4) is 0 Å². The summed E-state index contributed by atoms with van der Waals surface area (Å²) in [5, 5.41) is 2.76. The molecule has 3 aromatic carbocycles. The van der Waals surface area contributed by atoms with Gasteiger partial charge in [0.25, 0.3) is 5.91 Å². The topological polar surface area (TPSA) is 64.6 Å². The van der Waals surface area contributed by atoms with Crippen molar-refractivity contribution in [3.8, 4) is 17.2 Å². The molecular formula is C22H19NO4. The lowest BCUT2D eigenvalue weighted by molar-refractivity contribution is -0.118. The van der Waals surface area contributed by atoms with Gasteiger partial charge >= 0.3 is 0 Å². The lowest BCUT2D eigenvalue weighted by Gasteiger charge is -2.10. The molecule has 0 heterocycles. The fourth-order valence-corrected chi connectivity index (χ4v) is 2.41. The summed E-state index contributed by atoms with van der Waals surface area (Å²) in [6.07, 6.45) is 0. The molecular weight excluding hydrogens is 342 g/mol. The fraction of sp³-hybridized carbons (Fsp3) is 0.0909. The summed E-state index contributed by atoms with van der Waals surface area (Å²) in [7, 11) is 0. The summed E-state index contributed by atoms with van der Waals surface area (Å²) < 4.78 is 11.2. The minimum absolute atomic E-state index is 0.0554. The van der Waals surface area contributed by atoms with E-state index >= 15 is 0 Å². The molecule has 136 valence electrons. The van der Waals surface area contributed by atoms with Crippen molar-refractivity contribution in [3.63, 3.8) is 0 Å². The number of rotatable bonds is 7. The largest absolute Gasteiger partial charge is 0.484 e. The Hall–Kier alpha value is -3.60. The highest BCUT2D eigenvalue weighted by atomic mass is 16.5. The van der Waals surface area contributed by atoms with E-state index in [1.807, 2.05) is 36.4 Å². The zero-order chi connectivity index (χ0) is 19.1. The normalized spacial score (nSPS) is 10.1. The van der Waals surface area contributed by atoms with Crippen molar-refractivity contribution < 1.29 is 19.1 Å². The van der Waals surface area contributed by atoms with E-state index in [-0.39, 0.29) is 18.3 Å². The molecule has 0 atom stereocenters. The van der Waals surface area contributed by atoms with Gasteiger partial charge in [0, 0.05) is 17.3 Å². The molecule has 0 saturated heterocycles. The van der Waals surface area contributed by atoms with E-state index in [4.69, 9.17) is 9.47 Å². The van der Waals surface area contributed by atoms with Crippen LogP contribution in [-0.4, -0.2) is 18.3 Å². The maximum absolute atomic E-state index is 12.1. The molecule has 0 bridgehead atoms. The third-order valence-electron chi connectivity index (χ3n) is 3.71. The summed E-state index contributed by atoms with van der Waals surface area (Å²) >= 11 is 0. The fourth-order valence-electron chi connectivity index (χ4n) is 2.41. The first-order valence-corrected chi connectivity index (χ1v) is 8.47. The standard InChI is InChI=1S/C22H19NO4/c1-16(24)17-7-5-11-20(13-17)26-15-22(25)23-18-8-6-12-21(14-18)27-19-9-3-2-4-10-19/h2-14H,15H2,1H3,(H,23,25). The SMILES string of the molecule is CC(=O)c1cccc(OCC(=O)Nc2cccc(Oc3ccccc3)c2)c1. The van der Waals surface area contributed by atoms with Gasteiger partial charge in [-0.15, -0.1) is 0 Å². The van der Waals surface area contributed by atoms with E-state index in [0.29, 0.717) is 22.7 Å². The van der Waals surface area contributed by atoms with Crippen molar-refractivity contribution in [3.05, 3.63) is 84.4 Å². The Morgan fingerprint density at radius 2 is 1.52 bits per heavy atom. The molecule has 0 saturated carbocycles. The summed E-state index contributed by atoms with van der Waals surface area (Å²) in [5.74, 6) is 1.45. The molecule has 0 aliphatic carbocycles. The molecule has 5 heteroatoms. The number of ketones is 1. The van der Waals surface area contributed by atoms with Gasteiger partial charge in [0.2, 0.25) is 0 Å². The second kappa shape index (κ2) is 8.67. The summed E-state index contributed by atoms with van der Waals surface area (Å²) in [6.45, 7) is 1.32. The van der Waals surface area contributed by atoms with Crippen LogP contribution in [0.5, 0.6) is 17.2 Å². The van der Waals surface area contributed by atoms with Crippen LogP contribution < -0.4 is 14.8 Å². The number of carbonyl (C=O) groups is 2. The van der Waals surface area contributed by atoms with Gasteiger partial charge in [0.1, 0.15) is 17.2 Å². The molecule has 0 aliphatic heterocycles. The lowest BCUT2D eigenvalue weighted by atomic mass is 10.1. The van der Waals surface area contributed by atoms with Gasteiger partial charge in [0.15, 0.2) is 12.4 Å². The van der Waals surface area contributed by atoms with Gasteiger partial charge in [-0.3, -0.25) is 9.59 Å². The van der Waals surface area contributed by atoms with E-state index in [1.54, 1.807) is 42.5 Å². The molecule has 0 aliphatic rings. The molecule has 5 nitrogen and oxygen atoms in total. The van der Waals surface area contributed by atoms with Crippen molar-refractivity contribution in [2.75, 3.05) is 11.9 Å². The molecule has 0 radical (unpaired) electrons. The average molecular weight is 361 g/mol. The first kappa shape index (κ1) is 18.2. The highest BCUT2D eigenvalue weighted by molar-refractivity contribution is 5.94.